The molecule has 0 saturated heterocycles. The van der Waals surface area contributed by atoms with Crippen molar-refractivity contribution in [3.8, 4) is 5.75 Å². The van der Waals surface area contributed by atoms with E-state index < -0.39 is 0 Å². The van der Waals surface area contributed by atoms with Crippen molar-refractivity contribution in [1.29, 1.82) is 0 Å². The van der Waals surface area contributed by atoms with Crippen LogP contribution in [0.15, 0.2) is 42.5 Å². The van der Waals surface area contributed by atoms with E-state index in [1.165, 1.54) is 35.2 Å². The first-order chi connectivity index (χ1) is 10.2. The number of ether oxygens (including phenoxy) is 1. The Kier molecular flexibility index (Phi) is 4.14. The molecule has 1 heterocycles. The second kappa shape index (κ2) is 6.21. The van der Waals surface area contributed by atoms with Crippen molar-refractivity contribution in [2.45, 2.75) is 39.2 Å². The van der Waals surface area contributed by atoms with Crippen LogP contribution in [-0.2, 0) is 12.8 Å². The minimum Gasteiger partial charge on any atom is -0.491 e. The molecule has 0 atom stereocenters. The number of aryl methyl sites for hydroxylation is 1. The summed E-state index contributed by atoms with van der Waals surface area (Å²) in [4.78, 5) is 0. The number of rotatable bonds is 4. The van der Waals surface area contributed by atoms with Gasteiger partial charge in [0, 0.05) is 12.2 Å². The molecule has 0 amide bonds. The molecule has 0 fully saturated rings. The molecule has 2 heteroatoms. The van der Waals surface area contributed by atoms with Crippen molar-refractivity contribution in [1.82, 2.24) is 0 Å². The first-order valence-electron chi connectivity index (χ1n) is 7.82. The van der Waals surface area contributed by atoms with Crippen LogP contribution in [0.3, 0.4) is 0 Å². The van der Waals surface area contributed by atoms with Crippen LogP contribution in [0.1, 0.15) is 37.0 Å². The summed E-state index contributed by atoms with van der Waals surface area (Å²) in [6, 6.07) is 15.3. The third-order valence-electron chi connectivity index (χ3n) is 3.81. The Morgan fingerprint density at radius 3 is 2.57 bits per heavy atom. The summed E-state index contributed by atoms with van der Waals surface area (Å²) in [7, 11) is 0. The van der Waals surface area contributed by atoms with Gasteiger partial charge in [0.25, 0.3) is 0 Å². The molecule has 0 radical (unpaired) electrons. The van der Waals surface area contributed by atoms with E-state index in [4.69, 9.17) is 4.74 Å². The summed E-state index contributed by atoms with van der Waals surface area (Å²) >= 11 is 0. The third-order valence-corrected chi connectivity index (χ3v) is 3.81. The molecule has 110 valence electrons. The van der Waals surface area contributed by atoms with Gasteiger partial charge in [-0.1, -0.05) is 24.3 Å². The van der Waals surface area contributed by atoms with Crippen molar-refractivity contribution in [3.63, 3.8) is 0 Å². The normalized spacial score (nSPS) is 13.7. The number of hydrogen-bond acceptors (Lipinski definition) is 2. The van der Waals surface area contributed by atoms with Gasteiger partial charge < -0.3 is 10.1 Å². The Morgan fingerprint density at radius 1 is 1.05 bits per heavy atom. The van der Waals surface area contributed by atoms with Crippen LogP contribution in [0.4, 0.5) is 5.69 Å². The molecule has 21 heavy (non-hydrogen) atoms. The highest BCUT2D eigenvalue weighted by Gasteiger charge is 2.09. The van der Waals surface area contributed by atoms with Crippen molar-refractivity contribution in [2.75, 3.05) is 11.9 Å². The van der Waals surface area contributed by atoms with Gasteiger partial charge >= 0.3 is 0 Å². The highest BCUT2D eigenvalue weighted by molar-refractivity contribution is 5.54. The van der Waals surface area contributed by atoms with Crippen LogP contribution in [0.2, 0.25) is 0 Å². The third kappa shape index (κ3) is 3.57. The lowest BCUT2D eigenvalue weighted by molar-refractivity contribution is 0.242. The molecule has 1 N–H and O–H groups in total. The number of nitrogens with one attached hydrogen (secondary N) is 1. The Bertz CT molecular complexity index is 601. The smallest absolute Gasteiger partial charge is 0.119 e. The molecule has 2 nitrogen and oxygen atoms in total. The fourth-order valence-corrected chi connectivity index (χ4v) is 2.83. The Hall–Kier alpha value is -1.96. The summed E-state index contributed by atoms with van der Waals surface area (Å²) in [6.45, 7) is 5.20. The lowest BCUT2D eigenvalue weighted by Crippen LogP contribution is -2.11. The fourth-order valence-electron chi connectivity index (χ4n) is 2.83. The summed E-state index contributed by atoms with van der Waals surface area (Å²) in [5, 5.41) is 3.46. The van der Waals surface area contributed by atoms with E-state index in [0.717, 1.165) is 18.7 Å². The zero-order valence-corrected chi connectivity index (χ0v) is 12.9. The minimum absolute atomic E-state index is 0.226. The molecule has 0 aromatic heterocycles. The number of anilines is 1. The van der Waals surface area contributed by atoms with Gasteiger partial charge in [-0.2, -0.15) is 0 Å². The van der Waals surface area contributed by atoms with Gasteiger partial charge in [0.15, 0.2) is 0 Å². The van der Waals surface area contributed by atoms with Crippen molar-refractivity contribution >= 4 is 5.69 Å². The van der Waals surface area contributed by atoms with Gasteiger partial charge in [0.05, 0.1) is 6.10 Å². The molecule has 2 aromatic rings. The number of fused-ring (bicyclic) bond motifs is 1. The average Bonchev–Trinajstić information content (AvgIpc) is 2.49. The minimum atomic E-state index is 0.226. The molecule has 1 aliphatic heterocycles. The van der Waals surface area contributed by atoms with Gasteiger partial charge in [-0.25, -0.2) is 0 Å². The van der Waals surface area contributed by atoms with Crippen molar-refractivity contribution < 1.29 is 4.74 Å². The van der Waals surface area contributed by atoms with E-state index in [9.17, 15) is 0 Å². The molecule has 1 aliphatic rings. The van der Waals surface area contributed by atoms with E-state index in [1.54, 1.807) is 0 Å². The first-order valence-corrected chi connectivity index (χ1v) is 7.82. The van der Waals surface area contributed by atoms with Gasteiger partial charge in [-0.3, -0.25) is 0 Å². The maximum Gasteiger partial charge on any atom is 0.119 e. The molecule has 3 rings (SSSR count). The number of benzene rings is 2. The molecule has 0 unspecified atom stereocenters. The van der Waals surface area contributed by atoms with E-state index in [0.29, 0.717) is 0 Å². The fraction of sp³-hybridized carbons (Fsp3) is 0.368. The summed E-state index contributed by atoms with van der Waals surface area (Å²) in [5.74, 6) is 0.948. The first kappa shape index (κ1) is 14.0. The van der Waals surface area contributed by atoms with Gasteiger partial charge in [-0.05, 0) is 68.0 Å². The van der Waals surface area contributed by atoms with Crippen LogP contribution in [-0.4, -0.2) is 12.6 Å². The summed E-state index contributed by atoms with van der Waals surface area (Å²) in [5.41, 5.74) is 5.48. The highest BCUT2D eigenvalue weighted by Crippen LogP contribution is 2.24. The highest BCUT2D eigenvalue weighted by atomic mass is 16.5. The predicted molar refractivity (Wildman–Crippen MR) is 88.3 cm³/mol. The Labute approximate surface area is 127 Å². The second-order valence-corrected chi connectivity index (χ2v) is 6.01. The number of hydrogen-bond donors (Lipinski definition) is 1. The zero-order chi connectivity index (χ0) is 14.7. The van der Waals surface area contributed by atoms with Crippen molar-refractivity contribution in [3.05, 3.63) is 59.2 Å². The zero-order valence-electron chi connectivity index (χ0n) is 12.9. The van der Waals surface area contributed by atoms with Crippen LogP contribution >= 0.6 is 0 Å². The maximum absolute atomic E-state index is 5.69. The largest absolute Gasteiger partial charge is 0.491 e. The SMILES string of the molecule is CC(C)Oc1ccc(Cc2ccc3c(c2)CCCN3)cc1. The molecule has 0 spiro atoms. The van der Waals surface area contributed by atoms with Crippen LogP contribution in [0.5, 0.6) is 5.75 Å². The maximum atomic E-state index is 5.69. The lowest BCUT2D eigenvalue weighted by Gasteiger charge is -2.18. The molecule has 0 bridgehead atoms. The summed E-state index contributed by atoms with van der Waals surface area (Å²) < 4.78 is 5.69. The van der Waals surface area contributed by atoms with Gasteiger partial charge in [0.2, 0.25) is 0 Å². The van der Waals surface area contributed by atoms with Gasteiger partial charge in [0.1, 0.15) is 5.75 Å². The topological polar surface area (TPSA) is 21.3 Å². The molecular formula is C19H23NO. The standard InChI is InChI=1S/C19H23NO/c1-14(2)21-18-8-5-15(6-9-18)12-16-7-10-19-17(13-16)4-3-11-20-19/h5-10,13-14,20H,3-4,11-12H2,1-2H3. The molecular weight excluding hydrogens is 258 g/mol. The monoisotopic (exact) mass is 281 g/mol. The van der Waals surface area contributed by atoms with E-state index in [2.05, 4.69) is 61.6 Å². The lowest BCUT2D eigenvalue weighted by atomic mass is 9.97. The van der Waals surface area contributed by atoms with Crippen LogP contribution in [0, 0.1) is 0 Å². The Morgan fingerprint density at radius 2 is 1.81 bits per heavy atom. The van der Waals surface area contributed by atoms with Gasteiger partial charge in [-0.15, -0.1) is 0 Å². The molecule has 0 aliphatic carbocycles. The Balaban J connectivity index is 1.71. The molecule has 0 saturated carbocycles. The predicted octanol–water partition coefficient (Wildman–Crippen LogP) is 4.42. The van der Waals surface area contributed by atoms with E-state index in [-0.39, 0.29) is 6.10 Å². The summed E-state index contributed by atoms with van der Waals surface area (Å²) in [6.07, 6.45) is 3.63. The van der Waals surface area contributed by atoms with Crippen LogP contribution in [0.25, 0.3) is 0 Å². The van der Waals surface area contributed by atoms with Crippen molar-refractivity contribution in [2.24, 2.45) is 0 Å². The molecule has 2 aromatic carbocycles. The second-order valence-electron chi connectivity index (χ2n) is 6.01. The average molecular weight is 281 g/mol. The van der Waals surface area contributed by atoms with E-state index in [1.807, 2.05) is 0 Å². The quantitative estimate of drug-likeness (QED) is 0.895. The van der Waals surface area contributed by atoms with Crippen LogP contribution < -0.4 is 10.1 Å². The van der Waals surface area contributed by atoms with E-state index >= 15 is 0 Å².